The minimum atomic E-state index is -3.63. The van der Waals surface area contributed by atoms with Gasteiger partial charge in [-0.15, -0.1) is 0 Å². The molecule has 5 nitrogen and oxygen atoms in total. The molecule has 0 aliphatic carbocycles. The molecule has 0 bridgehead atoms. The van der Waals surface area contributed by atoms with Gasteiger partial charge in [-0.05, 0) is 31.0 Å². The number of carboxylic acids is 1. The number of rotatable bonds is 3. The lowest BCUT2D eigenvalue weighted by atomic mass is 10.1. The molecule has 98 valence electrons. The molecule has 2 rings (SSSR count). The Bertz CT molecular complexity index is 608. The zero-order valence-corrected chi connectivity index (χ0v) is 11.3. The number of benzene rings is 1. The zero-order valence-electron chi connectivity index (χ0n) is 9.68. The summed E-state index contributed by atoms with van der Waals surface area (Å²) >= 11 is 5.79. The van der Waals surface area contributed by atoms with E-state index in [4.69, 9.17) is 16.7 Å². The average Bonchev–Trinajstić information content (AvgIpc) is 2.17. The largest absolute Gasteiger partial charge is 0.478 e. The first-order chi connectivity index (χ1) is 8.34. The summed E-state index contributed by atoms with van der Waals surface area (Å²) in [5.41, 5.74) is 0.139. The van der Waals surface area contributed by atoms with Gasteiger partial charge in [0.15, 0.2) is 0 Å². The average molecular weight is 290 g/mol. The van der Waals surface area contributed by atoms with Crippen LogP contribution in [-0.2, 0) is 10.0 Å². The van der Waals surface area contributed by atoms with Crippen LogP contribution < -0.4 is 0 Å². The first kappa shape index (κ1) is 13.3. The van der Waals surface area contributed by atoms with Gasteiger partial charge in [0.1, 0.15) is 0 Å². The van der Waals surface area contributed by atoms with Gasteiger partial charge in [-0.3, -0.25) is 0 Å². The van der Waals surface area contributed by atoms with Crippen LogP contribution in [0.4, 0.5) is 0 Å². The molecule has 0 atom stereocenters. The van der Waals surface area contributed by atoms with Crippen LogP contribution in [0.1, 0.15) is 22.3 Å². The highest BCUT2D eigenvalue weighted by molar-refractivity contribution is 7.89. The van der Waals surface area contributed by atoms with Crippen LogP contribution in [0.5, 0.6) is 0 Å². The monoisotopic (exact) mass is 289 g/mol. The lowest BCUT2D eigenvalue weighted by Gasteiger charge is -2.30. The Morgan fingerprint density at radius 3 is 2.44 bits per heavy atom. The smallest absolute Gasteiger partial charge is 0.336 e. The number of carbonyl (C=O) groups is 1. The Balaban J connectivity index is 2.61. The Morgan fingerprint density at radius 1 is 1.39 bits per heavy atom. The van der Waals surface area contributed by atoms with Gasteiger partial charge in [-0.2, -0.15) is 4.31 Å². The zero-order chi connectivity index (χ0) is 13.5. The number of halogens is 1. The van der Waals surface area contributed by atoms with Crippen molar-refractivity contribution in [1.29, 1.82) is 0 Å². The van der Waals surface area contributed by atoms with Crippen LogP contribution >= 0.6 is 11.6 Å². The van der Waals surface area contributed by atoms with Crippen LogP contribution in [0.2, 0.25) is 5.02 Å². The summed E-state index contributed by atoms with van der Waals surface area (Å²) in [5.74, 6) is -1.19. The van der Waals surface area contributed by atoms with Gasteiger partial charge < -0.3 is 5.11 Å². The molecule has 0 saturated carbocycles. The fourth-order valence-corrected chi connectivity index (χ4v) is 3.88. The Hall–Kier alpha value is -1.11. The predicted molar refractivity (Wildman–Crippen MR) is 66.5 cm³/mol. The summed E-state index contributed by atoms with van der Waals surface area (Å²) in [5, 5.41) is 9.13. The van der Waals surface area contributed by atoms with Crippen molar-refractivity contribution in [2.75, 3.05) is 13.1 Å². The van der Waals surface area contributed by atoms with Crippen molar-refractivity contribution in [1.82, 2.24) is 4.31 Å². The molecule has 1 fully saturated rings. The third-order valence-corrected chi connectivity index (χ3v) is 5.23. The van der Waals surface area contributed by atoms with Gasteiger partial charge in [0.05, 0.1) is 10.5 Å². The molecule has 7 heteroatoms. The standard InChI is InChI=1S/C11H12ClNO4S/c1-7-9(11(14)15)5-8(12)6-10(7)18(16,17)13-3-2-4-13/h5-6H,2-4H2,1H3,(H,14,15). The van der Waals surface area contributed by atoms with Crippen molar-refractivity contribution < 1.29 is 18.3 Å². The van der Waals surface area contributed by atoms with E-state index in [1.54, 1.807) is 0 Å². The summed E-state index contributed by atoms with van der Waals surface area (Å²) in [6.07, 6.45) is 0.824. The molecule has 1 N–H and O–H groups in total. The molecule has 0 amide bonds. The molecule has 1 aromatic carbocycles. The van der Waals surface area contributed by atoms with E-state index in [0.717, 1.165) is 6.42 Å². The van der Waals surface area contributed by atoms with E-state index in [9.17, 15) is 13.2 Å². The number of hydrogen-bond acceptors (Lipinski definition) is 3. The summed E-state index contributed by atoms with van der Waals surface area (Å²) in [7, 11) is -3.63. The molecule has 1 aliphatic rings. The third kappa shape index (κ3) is 2.11. The van der Waals surface area contributed by atoms with E-state index < -0.39 is 16.0 Å². The number of hydrogen-bond donors (Lipinski definition) is 1. The molecule has 1 aliphatic heterocycles. The maximum atomic E-state index is 12.2. The van der Waals surface area contributed by atoms with Gasteiger partial charge in [-0.25, -0.2) is 13.2 Å². The van der Waals surface area contributed by atoms with Gasteiger partial charge >= 0.3 is 5.97 Å². The summed E-state index contributed by atoms with van der Waals surface area (Å²) in [4.78, 5) is 11.0. The third-order valence-electron chi connectivity index (χ3n) is 2.99. The highest BCUT2D eigenvalue weighted by atomic mass is 35.5. The summed E-state index contributed by atoms with van der Waals surface area (Å²) in [6.45, 7) is 2.42. The quantitative estimate of drug-likeness (QED) is 0.920. The minimum Gasteiger partial charge on any atom is -0.478 e. The SMILES string of the molecule is Cc1c(C(=O)O)cc(Cl)cc1S(=O)(=O)N1CCC1. The van der Waals surface area contributed by atoms with Gasteiger partial charge in [0.2, 0.25) is 10.0 Å². The summed E-state index contributed by atoms with van der Waals surface area (Å²) < 4.78 is 25.8. The predicted octanol–water partition coefficient (Wildman–Crippen LogP) is 1.74. The second kappa shape index (κ2) is 4.53. The normalized spacial score (nSPS) is 16.3. The van der Waals surface area contributed by atoms with Crippen molar-refractivity contribution in [3.8, 4) is 0 Å². The van der Waals surface area contributed by atoms with Crippen LogP contribution in [-0.4, -0.2) is 36.9 Å². The Labute approximate surface area is 110 Å². The van der Waals surface area contributed by atoms with Crippen LogP contribution in [0.15, 0.2) is 17.0 Å². The van der Waals surface area contributed by atoms with E-state index >= 15 is 0 Å². The molecular weight excluding hydrogens is 278 g/mol. The van der Waals surface area contributed by atoms with Gasteiger partial charge in [-0.1, -0.05) is 11.6 Å². The lowest BCUT2D eigenvalue weighted by molar-refractivity contribution is 0.0696. The molecule has 0 aromatic heterocycles. The Kier molecular flexibility index (Phi) is 3.35. The number of nitrogens with zero attached hydrogens (tertiary/aromatic N) is 1. The second-order valence-corrected chi connectivity index (χ2v) is 6.48. The van der Waals surface area contributed by atoms with Crippen molar-refractivity contribution in [3.63, 3.8) is 0 Å². The first-order valence-corrected chi connectivity index (χ1v) is 7.19. The van der Waals surface area contributed by atoms with Crippen molar-refractivity contribution in [3.05, 3.63) is 28.3 Å². The molecule has 18 heavy (non-hydrogen) atoms. The molecule has 0 radical (unpaired) electrons. The van der Waals surface area contributed by atoms with Crippen LogP contribution in [0, 0.1) is 6.92 Å². The first-order valence-electron chi connectivity index (χ1n) is 5.37. The molecule has 0 spiro atoms. The highest BCUT2D eigenvalue weighted by Crippen LogP contribution is 2.29. The maximum absolute atomic E-state index is 12.2. The second-order valence-electron chi connectivity index (χ2n) is 4.14. The van der Waals surface area contributed by atoms with E-state index in [2.05, 4.69) is 0 Å². The van der Waals surface area contributed by atoms with E-state index in [-0.39, 0.29) is 21.0 Å². The molecule has 1 heterocycles. The molecule has 0 unspecified atom stereocenters. The number of aromatic carboxylic acids is 1. The Morgan fingerprint density at radius 2 is 2.00 bits per heavy atom. The molecule has 1 aromatic rings. The minimum absolute atomic E-state index is 0.0212. The van der Waals surface area contributed by atoms with Gasteiger partial charge in [0.25, 0.3) is 0 Å². The van der Waals surface area contributed by atoms with Crippen molar-refractivity contribution in [2.24, 2.45) is 0 Å². The highest BCUT2D eigenvalue weighted by Gasteiger charge is 2.32. The molecular formula is C11H12ClNO4S. The fraction of sp³-hybridized carbons (Fsp3) is 0.364. The number of carboxylic acid groups (broad SMARTS) is 1. The van der Waals surface area contributed by atoms with Crippen LogP contribution in [0.25, 0.3) is 0 Å². The molecule has 1 saturated heterocycles. The topological polar surface area (TPSA) is 74.7 Å². The summed E-state index contributed by atoms with van der Waals surface area (Å²) in [6, 6.07) is 2.56. The van der Waals surface area contributed by atoms with E-state index in [1.807, 2.05) is 0 Å². The van der Waals surface area contributed by atoms with Crippen molar-refractivity contribution in [2.45, 2.75) is 18.2 Å². The van der Waals surface area contributed by atoms with Crippen molar-refractivity contribution >= 4 is 27.6 Å². The van der Waals surface area contributed by atoms with E-state index in [0.29, 0.717) is 13.1 Å². The van der Waals surface area contributed by atoms with Crippen LogP contribution in [0.3, 0.4) is 0 Å². The lowest BCUT2D eigenvalue weighted by Crippen LogP contribution is -2.42. The van der Waals surface area contributed by atoms with E-state index in [1.165, 1.54) is 23.4 Å². The number of sulfonamides is 1. The van der Waals surface area contributed by atoms with Gasteiger partial charge in [0, 0.05) is 18.1 Å². The fourth-order valence-electron chi connectivity index (χ4n) is 1.81. The maximum Gasteiger partial charge on any atom is 0.336 e.